The minimum atomic E-state index is -0.267. The number of rotatable bonds is 3. The first-order chi connectivity index (χ1) is 7.18. The third-order valence-corrected chi connectivity index (χ3v) is 2.88. The summed E-state index contributed by atoms with van der Waals surface area (Å²) in [5.74, 6) is 0.561. The molecule has 15 heavy (non-hydrogen) atoms. The Morgan fingerprint density at radius 3 is 2.80 bits per heavy atom. The van der Waals surface area contributed by atoms with E-state index in [9.17, 15) is 10.1 Å². The van der Waals surface area contributed by atoms with Gasteiger partial charge in [0, 0.05) is 11.1 Å². The lowest BCUT2D eigenvalue weighted by Gasteiger charge is -2.26. The van der Waals surface area contributed by atoms with Crippen molar-refractivity contribution in [1.82, 2.24) is 5.32 Å². The van der Waals surface area contributed by atoms with Crippen LogP contribution in [-0.4, -0.2) is 18.0 Å². The summed E-state index contributed by atoms with van der Waals surface area (Å²) in [6.07, 6.45) is 0.811. The fourth-order valence-electron chi connectivity index (χ4n) is 1.95. The molecule has 0 saturated carbocycles. The summed E-state index contributed by atoms with van der Waals surface area (Å²) in [4.78, 5) is 10.7. The lowest BCUT2D eigenvalue weighted by Crippen LogP contribution is -2.43. The summed E-state index contributed by atoms with van der Waals surface area (Å²) in [6.45, 7) is 3.75. The van der Waals surface area contributed by atoms with E-state index in [0.29, 0.717) is 11.6 Å². The summed E-state index contributed by atoms with van der Waals surface area (Å²) < 4.78 is 0. The quantitative estimate of drug-likeness (QED) is 0.604. The van der Waals surface area contributed by atoms with Crippen LogP contribution in [0.5, 0.6) is 0 Å². The molecule has 0 bridgehead atoms. The van der Waals surface area contributed by atoms with Crippen molar-refractivity contribution >= 4 is 5.69 Å². The zero-order valence-corrected chi connectivity index (χ0v) is 8.69. The molecule has 4 heteroatoms. The maximum Gasteiger partial charge on any atom is 0.275 e. The van der Waals surface area contributed by atoms with E-state index in [1.54, 1.807) is 13.0 Å². The van der Waals surface area contributed by atoms with E-state index in [2.05, 4.69) is 5.32 Å². The first-order valence-electron chi connectivity index (χ1n) is 5.12. The molecule has 1 saturated heterocycles. The Balaban J connectivity index is 2.27. The van der Waals surface area contributed by atoms with Gasteiger partial charge in [0.1, 0.15) is 0 Å². The molecule has 1 aromatic carbocycles. The average molecular weight is 206 g/mol. The van der Waals surface area contributed by atoms with Gasteiger partial charge in [-0.05, 0) is 32.4 Å². The standard InChI is InChI=1S/C11H14N2O2/c1-8-3-2-4-10(11(8)13(14)15)5-9-6-12-7-9/h2-4,9,12H,5-7H2,1H3. The third-order valence-electron chi connectivity index (χ3n) is 2.88. The first-order valence-corrected chi connectivity index (χ1v) is 5.12. The third kappa shape index (κ3) is 1.99. The van der Waals surface area contributed by atoms with E-state index in [-0.39, 0.29) is 4.92 Å². The van der Waals surface area contributed by atoms with Gasteiger partial charge in [-0.25, -0.2) is 0 Å². The van der Waals surface area contributed by atoms with E-state index >= 15 is 0 Å². The molecule has 2 rings (SSSR count). The Morgan fingerprint density at radius 2 is 2.27 bits per heavy atom. The zero-order chi connectivity index (χ0) is 10.8. The minimum absolute atomic E-state index is 0.267. The van der Waals surface area contributed by atoms with Crippen molar-refractivity contribution < 1.29 is 4.92 Å². The van der Waals surface area contributed by atoms with Crippen LogP contribution in [0.3, 0.4) is 0 Å². The van der Waals surface area contributed by atoms with Crippen LogP contribution >= 0.6 is 0 Å². The zero-order valence-electron chi connectivity index (χ0n) is 8.69. The van der Waals surface area contributed by atoms with Crippen LogP contribution in [0, 0.1) is 23.0 Å². The van der Waals surface area contributed by atoms with Crippen LogP contribution in [0.25, 0.3) is 0 Å². The molecule has 0 atom stereocenters. The predicted octanol–water partition coefficient (Wildman–Crippen LogP) is 1.67. The van der Waals surface area contributed by atoms with E-state index in [1.807, 2.05) is 12.1 Å². The fourth-order valence-corrected chi connectivity index (χ4v) is 1.95. The normalized spacial score (nSPS) is 16.1. The Kier molecular flexibility index (Phi) is 2.68. The number of nitrogens with zero attached hydrogens (tertiary/aromatic N) is 1. The number of nitro benzene ring substituents is 1. The molecule has 80 valence electrons. The summed E-state index contributed by atoms with van der Waals surface area (Å²) in [6, 6.07) is 5.55. The molecule has 1 fully saturated rings. The van der Waals surface area contributed by atoms with Crippen molar-refractivity contribution in [1.29, 1.82) is 0 Å². The molecule has 1 aliphatic heterocycles. The summed E-state index contributed by atoms with van der Waals surface area (Å²) in [5, 5.41) is 14.1. The van der Waals surface area contributed by atoms with Crippen molar-refractivity contribution in [2.75, 3.05) is 13.1 Å². The molecular weight excluding hydrogens is 192 g/mol. The van der Waals surface area contributed by atoms with Crippen molar-refractivity contribution in [2.24, 2.45) is 5.92 Å². The van der Waals surface area contributed by atoms with Crippen LogP contribution in [0.1, 0.15) is 11.1 Å². The van der Waals surface area contributed by atoms with Crippen molar-refractivity contribution in [3.8, 4) is 0 Å². The summed E-state index contributed by atoms with van der Waals surface area (Å²) in [7, 11) is 0. The molecule has 0 aliphatic carbocycles. The predicted molar refractivity (Wildman–Crippen MR) is 57.9 cm³/mol. The smallest absolute Gasteiger partial charge is 0.275 e. The van der Waals surface area contributed by atoms with Crippen LogP contribution < -0.4 is 5.32 Å². The molecule has 1 N–H and O–H groups in total. The van der Waals surface area contributed by atoms with Gasteiger partial charge in [0.05, 0.1) is 4.92 Å². The first kappa shape index (κ1) is 10.1. The van der Waals surface area contributed by atoms with Crippen molar-refractivity contribution in [2.45, 2.75) is 13.3 Å². The number of nitrogens with one attached hydrogen (secondary N) is 1. The molecule has 0 unspecified atom stereocenters. The highest BCUT2D eigenvalue weighted by Crippen LogP contribution is 2.26. The maximum atomic E-state index is 10.9. The molecule has 0 amide bonds. The van der Waals surface area contributed by atoms with Crippen molar-refractivity contribution in [3.63, 3.8) is 0 Å². The Morgan fingerprint density at radius 1 is 1.53 bits per heavy atom. The van der Waals surface area contributed by atoms with Gasteiger partial charge in [-0.15, -0.1) is 0 Å². The molecule has 0 spiro atoms. The summed E-state index contributed by atoms with van der Waals surface area (Å²) >= 11 is 0. The highest BCUT2D eigenvalue weighted by Gasteiger charge is 2.23. The second-order valence-electron chi connectivity index (χ2n) is 4.07. The van der Waals surface area contributed by atoms with Gasteiger partial charge < -0.3 is 5.32 Å². The molecule has 1 aromatic rings. The van der Waals surface area contributed by atoms with Gasteiger partial charge in [-0.2, -0.15) is 0 Å². The number of para-hydroxylation sites is 1. The topological polar surface area (TPSA) is 55.2 Å². The number of aryl methyl sites for hydroxylation is 1. The Labute approximate surface area is 88.5 Å². The molecular formula is C11H14N2O2. The Hall–Kier alpha value is -1.42. The number of benzene rings is 1. The highest BCUT2D eigenvalue weighted by atomic mass is 16.6. The molecule has 0 aromatic heterocycles. The van der Waals surface area contributed by atoms with Gasteiger partial charge in [-0.3, -0.25) is 10.1 Å². The molecule has 4 nitrogen and oxygen atoms in total. The number of hydrogen-bond donors (Lipinski definition) is 1. The largest absolute Gasteiger partial charge is 0.316 e. The van der Waals surface area contributed by atoms with Crippen molar-refractivity contribution in [3.05, 3.63) is 39.4 Å². The van der Waals surface area contributed by atoms with Crippen LogP contribution in [-0.2, 0) is 6.42 Å². The van der Waals surface area contributed by atoms with Crippen LogP contribution in [0.4, 0.5) is 5.69 Å². The number of nitro groups is 1. The minimum Gasteiger partial charge on any atom is -0.316 e. The lowest BCUT2D eigenvalue weighted by molar-refractivity contribution is -0.386. The van der Waals surface area contributed by atoms with E-state index in [0.717, 1.165) is 30.6 Å². The van der Waals surface area contributed by atoms with E-state index in [1.165, 1.54) is 0 Å². The van der Waals surface area contributed by atoms with Gasteiger partial charge in [0.25, 0.3) is 5.69 Å². The number of hydrogen-bond acceptors (Lipinski definition) is 3. The maximum absolute atomic E-state index is 10.9. The molecule has 0 radical (unpaired) electrons. The van der Waals surface area contributed by atoms with Gasteiger partial charge in [-0.1, -0.05) is 18.2 Å². The van der Waals surface area contributed by atoms with Gasteiger partial charge >= 0.3 is 0 Å². The molecule has 1 aliphatic rings. The van der Waals surface area contributed by atoms with E-state index < -0.39 is 0 Å². The molecule has 1 heterocycles. The van der Waals surface area contributed by atoms with Crippen LogP contribution in [0.2, 0.25) is 0 Å². The van der Waals surface area contributed by atoms with Gasteiger partial charge in [0.2, 0.25) is 0 Å². The summed E-state index contributed by atoms with van der Waals surface area (Å²) in [5.41, 5.74) is 1.92. The van der Waals surface area contributed by atoms with Gasteiger partial charge in [0.15, 0.2) is 0 Å². The fraction of sp³-hybridized carbons (Fsp3) is 0.455. The average Bonchev–Trinajstić information content (AvgIpc) is 2.10. The van der Waals surface area contributed by atoms with E-state index in [4.69, 9.17) is 0 Å². The SMILES string of the molecule is Cc1cccc(CC2CNC2)c1[N+](=O)[O-]. The highest BCUT2D eigenvalue weighted by molar-refractivity contribution is 5.47. The second kappa shape index (κ2) is 3.98. The lowest BCUT2D eigenvalue weighted by atomic mass is 9.92. The Bertz CT molecular complexity index is 386. The van der Waals surface area contributed by atoms with Crippen LogP contribution in [0.15, 0.2) is 18.2 Å². The monoisotopic (exact) mass is 206 g/mol. The second-order valence-corrected chi connectivity index (χ2v) is 4.07.